The largest absolute Gasteiger partial charge is 0.384 e. The van der Waals surface area contributed by atoms with E-state index in [0.717, 1.165) is 0 Å². The number of nitrogens with zero attached hydrogens (tertiary/aromatic N) is 3. The summed E-state index contributed by atoms with van der Waals surface area (Å²) >= 11 is 0. The molecule has 2 aromatic rings. The number of carbonyl (C=O) groups excluding carboxylic acids is 1. The molecule has 1 amide bonds. The minimum atomic E-state index is -0.226. The molecule has 0 bridgehead atoms. The smallest absolute Gasteiger partial charge is 0.253 e. The third-order valence-electron chi connectivity index (χ3n) is 2.14. The Bertz CT molecular complexity index is 630. The predicted octanol–water partition coefficient (Wildman–Crippen LogP) is 0.235. The number of hydrogen-bond donors (Lipinski definition) is 2. The van der Waals surface area contributed by atoms with Crippen LogP contribution in [0.1, 0.15) is 16.2 Å². The first-order valence-corrected chi connectivity index (χ1v) is 5.51. The van der Waals surface area contributed by atoms with Gasteiger partial charge in [0.15, 0.2) is 0 Å². The number of nitrogens with two attached hydrogens (primary N) is 1. The molecule has 0 fully saturated rings. The molecule has 0 atom stereocenters. The van der Waals surface area contributed by atoms with Gasteiger partial charge in [-0.25, -0.2) is 9.97 Å². The summed E-state index contributed by atoms with van der Waals surface area (Å²) in [6.45, 7) is 0.200. The summed E-state index contributed by atoms with van der Waals surface area (Å²) in [4.78, 5) is 23.3. The van der Waals surface area contributed by atoms with Crippen LogP contribution < -0.4 is 11.1 Å². The van der Waals surface area contributed by atoms with Gasteiger partial charge in [0.2, 0.25) is 5.82 Å². The fourth-order valence-corrected chi connectivity index (χ4v) is 1.28. The van der Waals surface area contributed by atoms with Crippen molar-refractivity contribution >= 4 is 11.7 Å². The quantitative estimate of drug-likeness (QED) is 0.747. The number of nitrogen functional groups attached to an aromatic ring is 1. The molecule has 0 aliphatic rings. The van der Waals surface area contributed by atoms with E-state index in [4.69, 9.17) is 5.73 Å². The van der Waals surface area contributed by atoms with Crippen molar-refractivity contribution in [2.45, 2.75) is 0 Å². The van der Waals surface area contributed by atoms with Gasteiger partial charge in [0, 0.05) is 18.6 Å². The van der Waals surface area contributed by atoms with Crippen LogP contribution in [-0.4, -0.2) is 27.4 Å². The van der Waals surface area contributed by atoms with Crippen LogP contribution in [0.25, 0.3) is 0 Å². The Morgan fingerprint density at radius 2 is 2.26 bits per heavy atom. The summed E-state index contributed by atoms with van der Waals surface area (Å²) in [5.41, 5.74) is 5.98. The monoisotopic (exact) mass is 253 g/mol. The van der Waals surface area contributed by atoms with Crippen molar-refractivity contribution in [2.75, 3.05) is 12.3 Å². The Labute approximate surface area is 110 Å². The molecule has 2 rings (SSSR count). The van der Waals surface area contributed by atoms with Gasteiger partial charge in [-0.15, -0.1) is 0 Å². The third-order valence-corrected chi connectivity index (χ3v) is 2.14. The van der Waals surface area contributed by atoms with Gasteiger partial charge in [-0.05, 0) is 24.1 Å². The van der Waals surface area contributed by atoms with Crippen molar-refractivity contribution in [3.63, 3.8) is 0 Å². The van der Waals surface area contributed by atoms with Gasteiger partial charge >= 0.3 is 0 Å². The minimum absolute atomic E-state index is 0.200. The topological polar surface area (TPSA) is 93.8 Å². The molecular formula is C13H11N5O. The van der Waals surface area contributed by atoms with E-state index in [9.17, 15) is 4.79 Å². The second kappa shape index (κ2) is 6.12. The maximum atomic E-state index is 11.6. The average molecular weight is 253 g/mol. The summed E-state index contributed by atoms with van der Waals surface area (Å²) in [6.07, 6.45) is 4.62. The van der Waals surface area contributed by atoms with Crippen molar-refractivity contribution in [3.05, 3.63) is 48.2 Å². The molecule has 0 aliphatic heterocycles. The molecule has 0 aliphatic carbocycles. The van der Waals surface area contributed by atoms with E-state index in [2.05, 4.69) is 32.1 Å². The molecule has 2 aromatic heterocycles. The number of nitrogens with one attached hydrogen (secondary N) is 1. The van der Waals surface area contributed by atoms with Gasteiger partial charge in [0.05, 0.1) is 12.1 Å². The zero-order valence-electron chi connectivity index (χ0n) is 10.00. The van der Waals surface area contributed by atoms with Gasteiger partial charge in [-0.2, -0.15) is 0 Å². The third kappa shape index (κ3) is 3.78. The lowest BCUT2D eigenvalue weighted by Gasteiger charge is -1.99. The number of amides is 1. The zero-order chi connectivity index (χ0) is 13.5. The van der Waals surface area contributed by atoms with E-state index in [1.807, 2.05) is 0 Å². The number of aromatic nitrogens is 3. The van der Waals surface area contributed by atoms with Gasteiger partial charge < -0.3 is 11.1 Å². The number of pyridine rings is 1. The van der Waals surface area contributed by atoms with Gasteiger partial charge in [0.25, 0.3) is 5.91 Å². The highest BCUT2D eigenvalue weighted by atomic mass is 16.1. The van der Waals surface area contributed by atoms with Crippen LogP contribution in [0.2, 0.25) is 0 Å². The molecule has 0 aromatic carbocycles. The maximum absolute atomic E-state index is 11.6. The van der Waals surface area contributed by atoms with Crippen LogP contribution in [0.15, 0.2) is 36.8 Å². The highest BCUT2D eigenvalue weighted by molar-refractivity contribution is 5.93. The zero-order valence-corrected chi connectivity index (χ0v) is 10.00. The van der Waals surface area contributed by atoms with Gasteiger partial charge in [0.1, 0.15) is 5.82 Å². The molecule has 6 heteroatoms. The highest BCUT2D eigenvalue weighted by Gasteiger charge is 2.02. The van der Waals surface area contributed by atoms with E-state index < -0.39 is 0 Å². The minimum Gasteiger partial charge on any atom is -0.384 e. The molecule has 0 saturated carbocycles. The summed E-state index contributed by atoms with van der Waals surface area (Å²) in [6, 6.07) is 4.95. The Morgan fingerprint density at radius 3 is 3.00 bits per heavy atom. The number of carbonyl (C=O) groups is 1. The van der Waals surface area contributed by atoms with Crippen LogP contribution in [0.3, 0.4) is 0 Å². The second-order valence-corrected chi connectivity index (χ2v) is 3.53. The van der Waals surface area contributed by atoms with Crippen LogP contribution in [-0.2, 0) is 0 Å². The summed E-state index contributed by atoms with van der Waals surface area (Å²) in [5, 5.41) is 2.64. The van der Waals surface area contributed by atoms with Crippen LogP contribution in [0.5, 0.6) is 0 Å². The first kappa shape index (κ1) is 12.5. The number of anilines is 1. The number of hydrogen-bond acceptors (Lipinski definition) is 5. The molecule has 6 nitrogen and oxygen atoms in total. The van der Waals surface area contributed by atoms with Crippen molar-refractivity contribution in [1.82, 2.24) is 20.3 Å². The standard InChI is InChI=1S/C13H11N5O/c14-11-5-8-16-12(18-11)4-2-7-17-13(19)10-3-1-6-15-9-10/h1,3,5-6,8-9H,7H2,(H,17,19)(H2,14,16,18). The van der Waals surface area contributed by atoms with E-state index >= 15 is 0 Å². The van der Waals surface area contributed by atoms with Crippen molar-refractivity contribution in [3.8, 4) is 11.8 Å². The van der Waals surface area contributed by atoms with Crippen molar-refractivity contribution in [1.29, 1.82) is 0 Å². The van der Waals surface area contributed by atoms with Crippen LogP contribution in [0.4, 0.5) is 5.82 Å². The molecule has 19 heavy (non-hydrogen) atoms. The number of rotatable bonds is 2. The Balaban J connectivity index is 1.89. The fourth-order valence-electron chi connectivity index (χ4n) is 1.28. The molecule has 94 valence electrons. The summed E-state index contributed by atoms with van der Waals surface area (Å²) < 4.78 is 0. The van der Waals surface area contributed by atoms with Crippen molar-refractivity contribution < 1.29 is 4.79 Å². The molecule has 3 N–H and O–H groups in total. The van der Waals surface area contributed by atoms with E-state index in [1.54, 1.807) is 24.4 Å². The SMILES string of the molecule is Nc1ccnc(C#CCNC(=O)c2cccnc2)n1. The Hall–Kier alpha value is -2.94. The first-order chi connectivity index (χ1) is 9.25. The predicted molar refractivity (Wildman–Crippen MR) is 69.9 cm³/mol. The Morgan fingerprint density at radius 1 is 1.37 bits per heavy atom. The Kier molecular flexibility index (Phi) is 4.03. The molecule has 0 unspecified atom stereocenters. The molecule has 0 radical (unpaired) electrons. The molecule has 0 spiro atoms. The first-order valence-electron chi connectivity index (χ1n) is 5.51. The van der Waals surface area contributed by atoms with E-state index in [0.29, 0.717) is 17.2 Å². The van der Waals surface area contributed by atoms with Crippen LogP contribution in [0, 0.1) is 11.8 Å². The fraction of sp³-hybridized carbons (Fsp3) is 0.0769. The lowest BCUT2D eigenvalue weighted by atomic mass is 10.3. The summed E-state index contributed by atoms with van der Waals surface area (Å²) in [7, 11) is 0. The van der Waals surface area contributed by atoms with Gasteiger partial charge in [-0.1, -0.05) is 5.92 Å². The average Bonchev–Trinajstić information content (AvgIpc) is 2.44. The normalized spacial score (nSPS) is 9.26. The molecular weight excluding hydrogens is 242 g/mol. The molecule has 0 saturated heterocycles. The summed E-state index contributed by atoms with van der Waals surface area (Å²) in [5.74, 6) is 5.92. The van der Waals surface area contributed by atoms with E-state index in [1.165, 1.54) is 12.4 Å². The van der Waals surface area contributed by atoms with E-state index in [-0.39, 0.29) is 12.5 Å². The van der Waals surface area contributed by atoms with Crippen molar-refractivity contribution in [2.24, 2.45) is 0 Å². The lowest BCUT2D eigenvalue weighted by Crippen LogP contribution is -2.23. The second-order valence-electron chi connectivity index (χ2n) is 3.53. The van der Waals surface area contributed by atoms with Crippen LogP contribution >= 0.6 is 0 Å². The van der Waals surface area contributed by atoms with Gasteiger partial charge in [-0.3, -0.25) is 9.78 Å². The molecule has 2 heterocycles. The highest BCUT2D eigenvalue weighted by Crippen LogP contribution is 1.95. The lowest BCUT2D eigenvalue weighted by molar-refractivity contribution is 0.0958. The maximum Gasteiger partial charge on any atom is 0.253 e.